The van der Waals surface area contributed by atoms with Gasteiger partial charge in [-0.25, -0.2) is 0 Å². The highest BCUT2D eigenvalue weighted by Gasteiger charge is 2.68. The van der Waals surface area contributed by atoms with E-state index in [2.05, 4.69) is 19.6 Å². The van der Waals surface area contributed by atoms with E-state index in [0.29, 0.717) is 12.5 Å². The number of rotatable bonds is 4. The molecule has 12 unspecified atom stereocenters. The van der Waals surface area contributed by atoms with E-state index < -0.39 is 29.5 Å². The number of carbonyl (C=O) groups is 1. The number of hydrogen-bond donors (Lipinski definition) is 3. The molecule has 5 fully saturated rings. The first kappa shape index (κ1) is 26.0. The molecular formula is C30H44O7. The van der Waals surface area contributed by atoms with Crippen LogP contribution in [0.2, 0.25) is 0 Å². The van der Waals surface area contributed by atoms with Gasteiger partial charge in [0.25, 0.3) is 0 Å². The molecule has 0 spiro atoms. The highest BCUT2D eigenvalue weighted by Crippen LogP contribution is 2.69. The van der Waals surface area contributed by atoms with Gasteiger partial charge in [-0.15, -0.1) is 0 Å². The summed E-state index contributed by atoms with van der Waals surface area (Å²) in [5.41, 5.74) is -0.123. The summed E-state index contributed by atoms with van der Waals surface area (Å²) >= 11 is 0. The maximum absolute atomic E-state index is 12.9. The fraction of sp³-hybridized carbons (Fsp3) is 0.833. The van der Waals surface area contributed by atoms with Crippen LogP contribution in [0.25, 0.3) is 0 Å². The van der Waals surface area contributed by atoms with Gasteiger partial charge in [0.05, 0.1) is 23.9 Å². The minimum absolute atomic E-state index is 0.0769. The van der Waals surface area contributed by atoms with Crippen molar-refractivity contribution in [2.24, 2.45) is 34.5 Å². The topological polar surface area (TPSA) is 105 Å². The van der Waals surface area contributed by atoms with E-state index in [-0.39, 0.29) is 41.8 Å². The predicted molar refractivity (Wildman–Crippen MR) is 136 cm³/mol. The van der Waals surface area contributed by atoms with Crippen LogP contribution in [-0.2, 0) is 19.0 Å². The van der Waals surface area contributed by atoms with E-state index in [1.807, 2.05) is 0 Å². The Hall–Kier alpha value is -1.25. The van der Waals surface area contributed by atoms with E-state index in [0.717, 1.165) is 63.5 Å². The van der Waals surface area contributed by atoms with Crippen molar-refractivity contribution in [2.75, 3.05) is 6.61 Å². The molecule has 37 heavy (non-hydrogen) atoms. The summed E-state index contributed by atoms with van der Waals surface area (Å²) in [7, 11) is 0. The fourth-order valence-corrected chi connectivity index (χ4v) is 9.75. The van der Waals surface area contributed by atoms with Crippen molar-refractivity contribution in [1.82, 2.24) is 0 Å². The fourth-order valence-electron chi connectivity index (χ4n) is 9.75. The molecule has 2 aliphatic heterocycles. The van der Waals surface area contributed by atoms with E-state index >= 15 is 0 Å². The standard InChI is InChI=1S/C30H44O7/c1-17-12-19(15-35-17)22-8-11-30(34)24-5-4-20-13-21(37-27-26(33)14-25(32)18(2)36-27)6-10-29(20,16-31)23(24)7-9-28(22,30)3/h12,16,18,20-27,32-34H,1,4-11,13-15H2,2-3H3. The molecule has 0 aromatic heterocycles. The van der Waals surface area contributed by atoms with Crippen LogP contribution in [0.5, 0.6) is 0 Å². The lowest BCUT2D eigenvalue weighted by Crippen LogP contribution is -2.63. The van der Waals surface area contributed by atoms with Gasteiger partial charge < -0.3 is 34.3 Å². The first-order chi connectivity index (χ1) is 17.6. The summed E-state index contributed by atoms with van der Waals surface area (Å²) in [4.78, 5) is 12.9. The molecule has 6 rings (SSSR count). The van der Waals surface area contributed by atoms with Gasteiger partial charge in [-0.05, 0) is 100 Å². The van der Waals surface area contributed by atoms with Crippen molar-refractivity contribution in [3.05, 3.63) is 24.0 Å². The summed E-state index contributed by atoms with van der Waals surface area (Å²) in [5.74, 6) is 1.56. The Kier molecular flexibility index (Phi) is 6.43. The molecule has 3 N–H and O–H groups in total. The van der Waals surface area contributed by atoms with Crippen molar-refractivity contribution < 1.29 is 34.3 Å². The second-order valence-electron chi connectivity index (χ2n) is 13.3. The van der Waals surface area contributed by atoms with Gasteiger partial charge in [0.15, 0.2) is 6.29 Å². The first-order valence-electron chi connectivity index (χ1n) is 14.5. The zero-order valence-corrected chi connectivity index (χ0v) is 22.3. The van der Waals surface area contributed by atoms with Crippen LogP contribution < -0.4 is 0 Å². The van der Waals surface area contributed by atoms with Crippen molar-refractivity contribution >= 4 is 6.29 Å². The minimum atomic E-state index is -0.849. The summed E-state index contributed by atoms with van der Waals surface area (Å²) in [6, 6.07) is 0. The number of allylic oxidation sites excluding steroid dienone is 1. The smallest absolute Gasteiger partial charge is 0.184 e. The number of hydrogen-bond acceptors (Lipinski definition) is 7. The molecule has 1 saturated heterocycles. The molecule has 0 radical (unpaired) electrons. The average molecular weight is 517 g/mol. The number of aldehydes is 1. The molecule has 6 aliphatic rings. The molecule has 4 aliphatic carbocycles. The second kappa shape index (κ2) is 9.16. The number of ether oxygens (including phenoxy) is 3. The first-order valence-corrected chi connectivity index (χ1v) is 14.5. The van der Waals surface area contributed by atoms with Crippen molar-refractivity contribution in [3.8, 4) is 0 Å². The molecule has 12 atom stereocenters. The monoisotopic (exact) mass is 516 g/mol. The van der Waals surface area contributed by atoms with Crippen molar-refractivity contribution in [2.45, 2.75) is 114 Å². The summed E-state index contributed by atoms with van der Waals surface area (Å²) in [6.07, 6.45) is 8.59. The Labute approximate surface area is 220 Å². The van der Waals surface area contributed by atoms with Crippen LogP contribution in [0.4, 0.5) is 0 Å². The number of fused-ring (bicyclic) bond motifs is 5. The lowest BCUT2D eigenvalue weighted by atomic mass is 9.43. The van der Waals surface area contributed by atoms with Crippen LogP contribution in [0.15, 0.2) is 24.0 Å². The molecule has 2 heterocycles. The van der Waals surface area contributed by atoms with Gasteiger partial charge in [0.2, 0.25) is 0 Å². The van der Waals surface area contributed by atoms with Gasteiger partial charge in [-0.1, -0.05) is 13.5 Å². The molecule has 206 valence electrons. The van der Waals surface area contributed by atoms with Crippen LogP contribution in [0.1, 0.15) is 78.1 Å². The third kappa shape index (κ3) is 3.82. The molecule has 0 bridgehead atoms. The van der Waals surface area contributed by atoms with E-state index in [9.17, 15) is 20.1 Å². The molecule has 0 aromatic rings. The number of aliphatic hydroxyl groups is 3. The van der Waals surface area contributed by atoms with Gasteiger partial charge in [0.1, 0.15) is 24.8 Å². The van der Waals surface area contributed by atoms with Crippen LogP contribution in [0.3, 0.4) is 0 Å². The largest absolute Gasteiger partial charge is 0.490 e. The van der Waals surface area contributed by atoms with Gasteiger partial charge in [-0.2, -0.15) is 0 Å². The Morgan fingerprint density at radius 1 is 1.05 bits per heavy atom. The number of carbonyl (C=O) groups excluding carboxylic acids is 1. The van der Waals surface area contributed by atoms with E-state index in [1.54, 1.807) is 6.92 Å². The highest BCUT2D eigenvalue weighted by atomic mass is 16.7. The third-order valence-electron chi connectivity index (χ3n) is 11.8. The van der Waals surface area contributed by atoms with Crippen molar-refractivity contribution in [3.63, 3.8) is 0 Å². The van der Waals surface area contributed by atoms with Crippen LogP contribution >= 0.6 is 0 Å². The molecule has 0 amide bonds. The average Bonchev–Trinajstić information content (AvgIpc) is 3.42. The quantitative estimate of drug-likeness (QED) is 0.387. The lowest BCUT2D eigenvalue weighted by molar-refractivity contribution is -0.284. The Balaban J connectivity index is 1.19. The maximum atomic E-state index is 12.9. The van der Waals surface area contributed by atoms with Gasteiger partial charge in [-0.3, -0.25) is 0 Å². The third-order valence-corrected chi connectivity index (χ3v) is 11.8. The maximum Gasteiger partial charge on any atom is 0.184 e. The van der Waals surface area contributed by atoms with E-state index in [4.69, 9.17) is 14.2 Å². The summed E-state index contributed by atoms with van der Waals surface area (Å²) in [5, 5.41) is 32.8. The van der Waals surface area contributed by atoms with Crippen molar-refractivity contribution in [1.29, 1.82) is 0 Å². The van der Waals surface area contributed by atoms with Crippen LogP contribution in [-0.4, -0.2) is 64.5 Å². The Morgan fingerprint density at radius 2 is 1.86 bits per heavy atom. The number of aliphatic hydroxyl groups excluding tert-OH is 2. The van der Waals surface area contributed by atoms with E-state index in [1.165, 1.54) is 11.9 Å². The van der Waals surface area contributed by atoms with Crippen LogP contribution in [0, 0.1) is 34.5 Å². The SMILES string of the molecule is C=C1C=C(C2CCC3(O)C4CCC5CC(OC6OC(C)C(O)CC6O)CCC5(C=O)C4CCC23C)CO1. The Bertz CT molecular complexity index is 964. The van der Waals surface area contributed by atoms with Gasteiger partial charge in [0, 0.05) is 17.3 Å². The molecule has 7 nitrogen and oxygen atoms in total. The zero-order chi connectivity index (χ0) is 26.2. The zero-order valence-electron chi connectivity index (χ0n) is 22.3. The highest BCUT2D eigenvalue weighted by molar-refractivity contribution is 5.62. The second-order valence-corrected chi connectivity index (χ2v) is 13.3. The normalized spacial score (nSPS) is 53.5. The predicted octanol–water partition coefficient (Wildman–Crippen LogP) is 3.65. The summed E-state index contributed by atoms with van der Waals surface area (Å²) < 4.78 is 17.7. The lowest BCUT2D eigenvalue weighted by Gasteiger charge is -2.63. The minimum Gasteiger partial charge on any atom is -0.490 e. The molecule has 7 heteroatoms. The molecular weight excluding hydrogens is 472 g/mol. The molecule has 4 saturated carbocycles. The molecule has 0 aromatic carbocycles. The summed E-state index contributed by atoms with van der Waals surface area (Å²) in [6.45, 7) is 8.63. The van der Waals surface area contributed by atoms with Gasteiger partial charge >= 0.3 is 0 Å². The Morgan fingerprint density at radius 3 is 2.59 bits per heavy atom.